The molecule has 5 heteroatoms. The van der Waals surface area contributed by atoms with Crippen LogP contribution < -0.4 is 4.31 Å². The third-order valence-electron chi connectivity index (χ3n) is 3.43. The van der Waals surface area contributed by atoms with Gasteiger partial charge in [0, 0.05) is 5.56 Å². The molecule has 0 fully saturated rings. The van der Waals surface area contributed by atoms with Crippen molar-refractivity contribution < 1.29 is 13.2 Å². The molecule has 21 heavy (non-hydrogen) atoms. The summed E-state index contributed by atoms with van der Waals surface area (Å²) >= 11 is 0. The van der Waals surface area contributed by atoms with Gasteiger partial charge in [0.05, 0.1) is 10.6 Å². The molecule has 0 radical (unpaired) electrons. The molecule has 108 valence electrons. The highest BCUT2D eigenvalue weighted by molar-refractivity contribution is 7.92. The van der Waals surface area contributed by atoms with Crippen LogP contribution in [0.4, 0.5) is 5.69 Å². The summed E-state index contributed by atoms with van der Waals surface area (Å²) < 4.78 is 32.4. The van der Waals surface area contributed by atoms with Gasteiger partial charge >= 0.3 is 0 Å². The monoisotopic (exact) mass is 301 g/mol. The zero-order chi connectivity index (χ0) is 14.9. The van der Waals surface area contributed by atoms with Gasteiger partial charge in [-0.2, -0.15) is 0 Å². The SMILES string of the molecule is C=CC1OCN(S(=O)(=O)c2ccccc2)c2ccccc21. The highest BCUT2D eigenvalue weighted by Gasteiger charge is 2.32. The minimum Gasteiger partial charge on any atom is -0.348 e. The lowest BCUT2D eigenvalue weighted by molar-refractivity contribution is 0.0843. The molecule has 4 nitrogen and oxygen atoms in total. The first-order valence-corrected chi connectivity index (χ1v) is 7.99. The van der Waals surface area contributed by atoms with Gasteiger partial charge in [-0.3, -0.25) is 0 Å². The van der Waals surface area contributed by atoms with Gasteiger partial charge in [0.1, 0.15) is 12.8 Å². The van der Waals surface area contributed by atoms with Gasteiger partial charge in [-0.15, -0.1) is 6.58 Å². The summed E-state index contributed by atoms with van der Waals surface area (Å²) in [5, 5.41) is 0. The average molecular weight is 301 g/mol. The van der Waals surface area contributed by atoms with Crippen LogP contribution in [0.15, 0.2) is 72.1 Å². The summed E-state index contributed by atoms with van der Waals surface area (Å²) in [5.74, 6) is 0. The van der Waals surface area contributed by atoms with Crippen molar-refractivity contribution in [3.63, 3.8) is 0 Å². The maximum absolute atomic E-state index is 12.8. The predicted octanol–water partition coefficient (Wildman–Crippen LogP) is 3.10. The molecule has 2 aromatic carbocycles. The fourth-order valence-corrected chi connectivity index (χ4v) is 3.76. The summed E-state index contributed by atoms with van der Waals surface area (Å²) in [6.07, 6.45) is 1.38. The van der Waals surface area contributed by atoms with Crippen molar-refractivity contribution >= 4 is 15.7 Å². The Morgan fingerprint density at radius 1 is 1.10 bits per heavy atom. The first-order chi connectivity index (χ1) is 10.1. The van der Waals surface area contributed by atoms with Gasteiger partial charge in [0.2, 0.25) is 0 Å². The number of rotatable bonds is 3. The van der Waals surface area contributed by atoms with E-state index >= 15 is 0 Å². The third-order valence-corrected chi connectivity index (χ3v) is 5.18. The number of anilines is 1. The molecule has 1 aliphatic rings. The molecule has 1 aliphatic heterocycles. The van der Waals surface area contributed by atoms with Crippen molar-refractivity contribution in [3.8, 4) is 0 Å². The summed E-state index contributed by atoms with van der Waals surface area (Å²) in [6.45, 7) is 3.71. The molecular formula is C16H15NO3S. The normalized spacial score (nSPS) is 18.1. The highest BCUT2D eigenvalue weighted by atomic mass is 32.2. The molecule has 1 unspecified atom stereocenters. The van der Waals surface area contributed by atoms with Gasteiger partial charge in [-0.05, 0) is 18.2 Å². The Morgan fingerprint density at radius 2 is 1.76 bits per heavy atom. The molecule has 3 rings (SSSR count). The van der Waals surface area contributed by atoms with E-state index in [2.05, 4.69) is 6.58 Å². The first-order valence-electron chi connectivity index (χ1n) is 6.55. The van der Waals surface area contributed by atoms with Gasteiger partial charge < -0.3 is 4.74 Å². The summed E-state index contributed by atoms with van der Waals surface area (Å²) in [6, 6.07) is 15.7. The zero-order valence-corrected chi connectivity index (χ0v) is 12.2. The molecular weight excluding hydrogens is 286 g/mol. The average Bonchev–Trinajstić information content (AvgIpc) is 2.54. The molecule has 1 atom stereocenters. The Kier molecular flexibility index (Phi) is 3.53. The number of hydrogen-bond donors (Lipinski definition) is 0. The number of para-hydroxylation sites is 1. The lowest BCUT2D eigenvalue weighted by Crippen LogP contribution is -2.37. The Morgan fingerprint density at radius 3 is 2.48 bits per heavy atom. The molecule has 2 aromatic rings. The molecule has 0 amide bonds. The van der Waals surface area contributed by atoms with E-state index in [-0.39, 0.29) is 17.7 Å². The number of nitrogens with zero attached hydrogens (tertiary/aromatic N) is 1. The standard InChI is InChI=1S/C16H15NO3S/c1-2-16-14-10-6-7-11-15(14)17(12-20-16)21(18,19)13-8-4-3-5-9-13/h2-11,16H,1,12H2. The maximum atomic E-state index is 12.8. The lowest BCUT2D eigenvalue weighted by atomic mass is 10.1. The Labute approximate surface area is 124 Å². The molecule has 0 aliphatic carbocycles. The van der Waals surface area contributed by atoms with Crippen molar-refractivity contribution in [2.45, 2.75) is 11.0 Å². The number of sulfonamides is 1. The second-order valence-corrected chi connectivity index (χ2v) is 6.54. The predicted molar refractivity (Wildman–Crippen MR) is 81.4 cm³/mol. The fraction of sp³-hybridized carbons (Fsp3) is 0.125. The van der Waals surface area contributed by atoms with Crippen LogP contribution in [0.3, 0.4) is 0 Å². The molecule has 0 bridgehead atoms. The maximum Gasteiger partial charge on any atom is 0.266 e. The van der Waals surface area contributed by atoms with E-state index in [1.807, 2.05) is 18.2 Å². The fourth-order valence-electron chi connectivity index (χ4n) is 2.38. The number of hydrogen-bond acceptors (Lipinski definition) is 3. The van der Waals surface area contributed by atoms with Crippen LogP contribution in [0.5, 0.6) is 0 Å². The third kappa shape index (κ3) is 2.34. The molecule has 0 spiro atoms. The second kappa shape index (κ2) is 5.35. The quantitative estimate of drug-likeness (QED) is 0.818. The van der Waals surface area contributed by atoms with E-state index in [4.69, 9.17) is 4.74 Å². The van der Waals surface area contributed by atoms with Crippen molar-refractivity contribution in [2.75, 3.05) is 11.0 Å². The van der Waals surface area contributed by atoms with E-state index in [0.717, 1.165) is 5.56 Å². The highest BCUT2D eigenvalue weighted by Crippen LogP contribution is 2.36. The van der Waals surface area contributed by atoms with Crippen molar-refractivity contribution in [1.29, 1.82) is 0 Å². The van der Waals surface area contributed by atoms with E-state index in [0.29, 0.717) is 5.69 Å². The topological polar surface area (TPSA) is 46.6 Å². The van der Waals surface area contributed by atoms with Crippen LogP contribution in [0.2, 0.25) is 0 Å². The molecule has 0 saturated heterocycles. The van der Waals surface area contributed by atoms with Crippen molar-refractivity contribution in [3.05, 3.63) is 72.8 Å². The summed E-state index contributed by atoms with van der Waals surface area (Å²) in [5.41, 5.74) is 1.44. The van der Waals surface area contributed by atoms with Crippen molar-refractivity contribution in [2.24, 2.45) is 0 Å². The molecule has 1 heterocycles. The van der Waals surface area contributed by atoms with E-state index in [1.165, 1.54) is 4.31 Å². The van der Waals surface area contributed by atoms with E-state index in [9.17, 15) is 8.42 Å². The van der Waals surface area contributed by atoms with Crippen LogP contribution in [-0.4, -0.2) is 15.1 Å². The molecule has 0 N–H and O–H groups in total. The molecule has 0 aromatic heterocycles. The van der Waals surface area contributed by atoms with Crippen molar-refractivity contribution in [1.82, 2.24) is 0 Å². The Bertz CT molecular complexity index is 756. The molecule has 0 saturated carbocycles. The van der Waals surface area contributed by atoms with E-state index < -0.39 is 10.0 Å². The van der Waals surface area contributed by atoms with Gasteiger partial charge in [-0.1, -0.05) is 42.5 Å². The zero-order valence-electron chi connectivity index (χ0n) is 11.3. The van der Waals surface area contributed by atoms with Crippen LogP contribution in [-0.2, 0) is 14.8 Å². The summed E-state index contributed by atoms with van der Waals surface area (Å²) in [4.78, 5) is 0.250. The van der Waals surface area contributed by atoms with Crippen LogP contribution in [0.25, 0.3) is 0 Å². The Balaban J connectivity index is 2.10. The van der Waals surface area contributed by atoms with Crippen LogP contribution >= 0.6 is 0 Å². The number of ether oxygens (including phenoxy) is 1. The van der Waals surface area contributed by atoms with Gasteiger partial charge in [0.15, 0.2) is 0 Å². The smallest absolute Gasteiger partial charge is 0.266 e. The van der Waals surface area contributed by atoms with E-state index in [1.54, 1.807) is 42.5 Å². The van der Waals surface area contributed by atoms with Gasteiger partial charge in [0.25, 0.3) is 10.0 Å². The Hall–Kier alpha value is -2.11. The number of benzene rings is 2. The lowest BCUT2D eigenvalue weighted by Gasteiger charge is -2.33. The largest absolute Gasteiger partial charge is 0.348 e. The summed E-state index contributed by atoms with van der Waals surface area (Å²) in [7, 11) is -3.63. The second-order valence-electron chi connectivity index (χ2n) is 4.68. The minimum absolute atomic E-state index is 0.0229. The van der Waals surface area contributed by atoms with Crippen LogP contribution in [0, 0.1) is 0 Å². The first kappa shape index (κ1) is 13.9. The minimum atomic E-state index is -3.63. The van der Waals surface area contributed by atoms with Crippen LogP contribution in [0.1, 0.15) is 11.7 Å². The number of fused-ring (bicyclic) bond motifs is 1. The van der Waals surface area contributed by atoms with Gasteiger partial charge in [-0.25, -0.2) is 12.7 Å².